The molecule has 0 saturated carbocycles. The van der Waals surface area contributed by atoms with Gasteiger partial charge in [0.2, 0.25) is 0 Å². The largest absolute Gasteiger partial charge is 0.490 e. The maximum Gasteiger partial charge on any atom is 0.135 e. The van der Waals surface area contributed by atoms with Gasteiger partial charge in [-0.2, -0.15) is 0 Å². The highest BCUT2D eigenvalue weighted by Gasteiger charge is 2.04. The fraction of sp³-hybridized carbons (Fsp3) is 0.312. The van der Waals surface area contributed by atoms with Crippen LogP contribution in [0.3, 0.4) is 0 Å². The second kappa shape index (κ2) is 7.46. The average molecular weight is 288 g/mol. The molecule has 0 radical (unpaired) electrons. The Balaban J connectivity index is 2.02. The van der Waals surface area contributed by atoms with Gasteiger partial charge in [0.15, 0.2) is 0 Å². The first kappa shape index (κ1) is 15.1. The molecule has 0 amide bonds. The summed E-state index contributed by atoms with van der Waals surface area (Å²) in [5.74, 6) is 6.68. The topological polar surface area (TPSA) is 47.3 Å². The number of aryl methyl sites for hydroxylation is 1. The van der Waals surface area contributed by atoms with Crippen LogP contribution in [0, 0.1) is 24.6 Å². The van der Waals surface area contributed by atoms with Crippen molar-refractivity contribution >= 4 is 0 Å². The van der Waals surface area contributed by atoms with Crippen molar-refractivity contribution < 1.29 is 14.2 Å². The molecule has 4 nitrogen and oxygen atoms in total. The number of ether oxygens (including phenoxy) is 1. The van der Waals surface area contributed by atoms with Crippen LogP contribution in [0.2, 0.25) is 0 Å². The molecule has 0 aliphatic carbocycles. The van der Waals surface area contributed by atoms with Crippen LogP contribution in [-0.2, 0) is 6.54 Å². The molecule has 110 valence electrons. The van der Waals surface area contributed by atoms with E-state index in [1.54, 1.807) is 12.3 Å². The van der Waals surface area contributed by atoms with Crippen molar-refractivity contribution in [1.29, 1.82) is 0 Å². The Hall–Kier alpha value is -2.32. The number of imidazole rings is 1. The van der Waals surface area contributed by atoms with Crippen LogP contribution in [0.4, 0.5) is 4.39 Å². The first-order valence-electron chi connectivity index (χ1n) is 6.70. The third-order valence-electron chi connectivity index (χ3n) is 2.91. The Morgan fingerprint density at radius 2 is 2.29 bits per heavy atom. The van der Waals surface area contributed by atoms with Gasteiger partial charge in [0.1, 0.15) is 24.0 Å². The Bertz CT molecular complexity index is 656. The smallest absolute Gasteiger partial charge is 0.135 e. The van der Waals surface area contributed by atoms with E-state index in [0.29, 0.717) is 30.9 Å². The molecule has 0 aliphatic heterocycles. The number of aromatic nitrogens is 2. The summed E-state index contributed by atoms with van der Waals surface area (Å²) < 4.78 is 20.9. The first-order chi connectivity index (χ1) is 10.2. The van der Waals surface area contributed by atoms with Crippen molar-refractivity contribution in [3.8, 4) is 17.6 Å². The Morgan fingerprint density at radius 3 is 3.00 bits per heavy atom. The van der Waals surface area contributed by atoms with E-state index >= 15 is 0 Å². The number of nitrogens with zero attached hydrogens (tertiary/aromatic N) is 2. The summed E-state index contributed by atoms with van der Waals surface area (Å²) in [5, 5.41) is 8.72. The van der Waals surface area contributed by atoms with Crippen molar-refractivity contribution in [1.82, 2.24) is 9.55 Å². The van der Waals surface area contributed by atoms with Crippen molar-refractivity contribution in [3.63, 3.8) is 0 Å². The van der Waals surface area contributed by atoms with Crippen LogP contribution >= 0.6 is 0 Å². The molecular formula is C16H17FN2O2. The lowest BCUT2D eigenvalue weighted by Gasteiger charge is -2.09. The van der Waals surface area contributed by atoms with Gasteiger partial charge in [0.25, 0.3) is 0 Å². The molecule has 1 aromatic heterocycles. The maximum absolute atomic E-state index is 13.3. The third kappa shape index (κ3) is 4.33. The molecule has 1 N–H and O–H groups in total. The monoisotopic (exact) mass is 288 g/mol. The lowest BCUT2D eigenvalue weighted by Crippen LogP contribution is -2.09. The summed E-state index contributed by atoms with van der Waals surface area (Å²) in [6.07, 6.45) is 3.97. The summed E-state index contributed by atoms with van der Waals surface area (Å²) in [6.45, 7) is 3.01. The lowest BCUT2D eigenvalue weighted by atomic mass is 10.2. The second-order valence-electron chi connectivity index (χ2n) is 4.43. The van der Waals surface area contributed by atoms with Gasteiger partial charge in [0, 0.05) is 18.8 Å². The van der Waals surface area contributed by atoms with Gasteiger partial charge in [-0.15, -0.1) is 0 Å². The lowest BCUT2D eigenvalue weighted by molar-refractivity contribution is 0.296. The summed E-state index contributed by atoms with van der Waals surface area (Å²) in [5.41, 5.74) is 0.491. The minimum atomic E-state index is -0.360. The number of halogens is 1. The number of benzene rings is 1. The molecule has 0 bridgehead atoms. The molecule has 5 heteroatoms. The molecular weight excluding hydrogens is 271 g/mol. The van der Waals surface area contributed by atoms with E-state index in [-0.39, 0.29) is 12.4 Å². The fourth-order valence-corrected chi connectivity index (χ4v) is 1.83. The molecule has 0 unspecified atom stereocenters. The third-order valence-corrected chi connectivity index (χ3v) is 2.91. The molecule has 0 aliphatic rings. The van der Waals surface area contributed by atoms with E-state index in [2.05, 4.69) is 16.8 Å². The zero-order chi connectivity index (χ0) is 15.1. The zero-order valence-corrected chi connectivity index (χ0v) is 11.8. The van der Waals surface area contributed by atoms with E-state index in [0.717, 1.165) is 5.82 Å². The van der Waals surface area contributed by atoms with Gasteiger partial charge in [-0.3, -0.25) is 0 Å². The van der Waals surface area contributed by atoms with Gasteiger partial charge in [-0.05, 0) is 25.1 Å². The van der Waals surface area contributed by atoms with E-state index in [9.17, 15) is 4.39 Å². The molecule has 0 saturated heterocycles. The van der Waals surface area contributed by atoms with Crippen LogP contribution in [0.15, 0.2) is 30.6 Å². The standard InChI is InChI=1S/C16H17FN2O2/c1-13-18-7-8-19(13)9-11-21-16-6-5-15(17)12-14(16)4-2-3-10-20/h5-8,12,20H,3,9-11H2,1H3. The molecule has 0 spiro atoms. The number of aliphatic hydroxyl groups is 1. The Kier molecular flexibility index (Phi) is 5.35. The quantitative estimate of drug-likeness (QED) is 0.858. The van der Waals surface area contributed by atoms with Gasteiger partial charge >= 0.3 is 0 Å². The minimum absolute atomic E-state index is 0.0155. The summed E-state index contributed by atoms with van der Waals surface area (Å²) in [6, 6.07) is 4.25. The van der Waals surface area contributed by atoms with Crippen LogP contribution < -0.4 is 4.74 Å². The van der Waals surface area contributed by atoms with Crippen LogP contribution in [0.5, 0.6) is 5.75 Å². The highest BCUT2D eigenvalue weighted by atomic mass is 19.1. The van der Waals surface area contributed by atoms with E-state index in [1.807, 2.05) is 17.7 Å². The highest BCUT2D eigenvalue weighted by Crippen LogP contribution is 2.19. The summed E-state index contributed by atoms with van der Waals surface area (Å²) >= 11 is 0. The van der Waals surface area contributed by atoms with Gasteiger partial charge in [0.05, 0.1) is 18.7 Å². The van der Waals surface area contributed by atoms with Crippen molar-refractivity contribution in [3.05, 3.63) is 47.8 Å². The molecule has 21 heavy (non-hydrogen) atoms. The Morgan fingerprint density at radius 1 is 1.43 bits per heavy atom. The number of aliphatic hydroxyl groups excluding tert-OH is 1. The van der Waals surface area contributed by atoms with E-state index < -0.39 is 0 Å². The van der Waals surface area contributed by atoms with Crippen molar-refractivity contribution in [2.75, 3.05) is 13.2 Å². The molecule has 1 heterocycles. The molecule has 2 rings (SSSR count). The van der Waals surface area contributed by atoms with Crippen molar-refractivity contribution in [2.45, 2.75) is 19.9 Å². The predicted octanol–water partition coefficient (Wildman–Crippen LogP) is 2.14. The molecule has 0 atom stereocenters. The minimum Gasteiger partial charge on any atom is -0.490 e. The fourth-order valence-electron chi connectivity index (χ4n) is 1.83. The van der Waals surface area contributed by atoms with Gasteiger partial charge in [-0.25, -0.2) is 9.37 Å². The van der Waals surface area contributed by atoms with Crippen LogP contribution in [0.1, 0.15) is 17.8 Å². The average Bonchev–Trinajstić information content (AvgIpc) is 2.87. The van der Waals surface area contributed by atoms with Gasteiger partial charge < -0.3 is 14.4 Å². The summed E-state index contributed by atoms with van der Waals surface area (Å²) in [4.78, 5) is 4.13. The van der Waals surface area contributed by atoms with Crippen LogP contribution in [0.25, 0.3) is 0 Å². The van der Waals surface area contributed by atoms with Crippen LogP contribution in [-0.4, -0.2) is 27.9 Å². The summed E-state index contributed by atoms with van der Waals surface area (Å²) in [7, 11) is 0. The van der Waals surface area contributed by atoms with E-state index in [1.165, 1.54) is 12.1 Å². The Labute approximate surface area is 123 Å². The number of rotatable bonds is 5. The normalized spacial score (nSPS) is 10.0. The van der Waals surface area contributed by atoms with E-state index in [4.69, 9.17) is 9.84 Å². The number of hydrogen-bond acceptors (Lipinski definition) is 3. The molecule has 2 aromatic rings. The second-order valence-corrected chi connectivity index (χ2v) is 4.43. The highest BCUT2D eigenvalue weighted by molar-refractivity contribution is 5.46. The van der Waals surface area contributed by atoms with Gasteiger partial charge in [-0.1, -0.05) is 11.8 Å². The first-order valence-corrected chi connectivity index (χ1v) is 6.70. The zero-order valence-electron chi connectivity index (χ0n) is 11.8. The van der Waals surface area contributed by atoms with Crippen molar-refractivity contribution in [2.24, 2.45) is 0 Å². The maximum atomic E-state index is 13.3. The predicted molar refractivity (Wildman–Crippen MR) is 77.4 cm³/mol. The SMILES string of the molecule is Cc1nccn1CCOc1ccc(F)cc1C#CCCO. The molecule has 1 aromatic carbocycles. The molecule has 0 fully saturated rings. The number of hydrogen-bond donors (Lipinski definition) is 1.